The fourth-order valence-electron chi connectivity index (χ4n) is 3.75. The van der Waals surface area contributed by atoms with Gasteiger partial charge in [0.15, 0.2) is 0 Å². The van der Waals surface area contributed by atoms with Gasteiger partial charge in [-0.05, 0) is 49.2 Å². The molecule has 5 heteroatoms. The minimum absolute atomic E-state index is 0.370. The summed E-state index contributed by atoms with van der Waals surface area (Å²) in [5, 5.41) is 1.89. The van der Waals surface area contributed by atoms with E-state index in [1.807, 2.05) is 68.4 Å². The quantitative estimate of drug-likeness (QED) is 0.432. The van der Waals surface area contributed by atoms with Crippen molar-refractivity contribution >= 4 is 21.8 Å². The lowest BCUT2D eigenvalue weighted by Crippen LogP contribution is -2.25. The molecule has 0 N–H and O–H groups in total. The second-order valence-corrected chi connectivity index (χ2v) is 6.90. The van der Waals surface area contributed by atoms with Gasteiger partial charge in [0.05, 0.1) is 16.7 Å². The molecule has 0 radical (unpaired) electrons. The molecule has 0 aliphatic heterocycles. The normalized spacial score (nSPS) is 11.6. The van der Waals surface area contributed by atoms with E-state index in [4.69, 9.17) is 0 Å². The summed E-state index contributed by atoms with van der Waals surface area (Å²) in [6.45, 7) is 3.96. The van der Waals surface area contributed by atoms with E-state index in [1.54, 1.807) is 12.1 Å². The maximum Gasteiger partial charge on any atom is 0.356 e. The third-order valence-corrected chi connectivity index (χ3v) is 5.01. The smallest absolute Gasteiger partial charge is 0.245 e. The molecular formula is C22H17N3O2. The van der Waals surface area contributed by atoms with Crippen LogP contribution in [0.1, 0.15) is 11.1 Å². The first-order valence-corrected chi connectivity index (χ1v) is 8.81. The van der Waals surface area contributed by atoms with Gasteiger partial charge in [-0.2, -0.15) is 9.03 Å². The minimum Gasteiger partial charge on any atom is -0.245 e. The molecular weight excluding hydrogens is 338 g/mol. The molecule has 0 fully saturated rings. The number of para-hydroxylation sites is 1. The van der Waals surface area contributed by atoms with Gasteiger partial charge in [0.2, 0.25) is 0 Å². The Morgan fingerprint density at radius 3 is 1.59 bits per heavy atom. The average Bonchev–Trinajstić information content (AvgIpc) is 2.93. The summed E-state index contributed by atoms with van der Waals surface area (Å²) in [5.41, 5.74) is 3.33. The van der Waals surface area contributed by atoms with Gasteiger partial charge in [0, 0.05) is 10.8 Å². The van der Waals surface area contributed by atoms with Crippen molar-refractivity contribution in [2.45, 2.75) is 13.8 Å². The van der Waals surface area contributed by atoms with Crippen LogP contribution in [-0.4, -0.2) is 13.6 Å². The highest BCUT2D eigenvalue weighted by Crippen LogP contribution is 2.25. The van der Waals surface area contributed by atoms with E-state index < -0.39 is 0 Å². The number of benzene rings is 3. The zero-order chi connectivity index (χ0) is 18.7. The van der Waals surface area contributed by atoms with Gasteiger partial charge in [-0.25, -0.2) is 14.2 Å². The van der Waals surface area contributed by atoms with Gasteiger partial charge in [-0.1, -0.05) is 42.5 Å². The van der Waals surface area contributed by atoms with Gasteiger partial charge in [0.1, 0.15) is 0 Å². The lowest BCUT2D eigenvalue weighted by Gasteiger charge is -2.10. The van der Waals surface area contributed by atoms with Crippen LogP contribution < -0.4 is 11.4 Å². The Morgan fingerprint density at radius 1 is 0.630 bits per heavy atom. The molecule has 132 valence electrons. The third kappa shape index (κ3) is 2.11. The van der Waals surface area contributed by atoms with E-state index >= 15 is 0 Å². The van der Waals surface area contributed by atoms with Crippen LogP contribution >= 0.6 is 0 Å². The van der Waals surface area contributed by atoms with E-state index in [0.717, 1.165) is 32.9 Å². The van der Waals surface area contributed by atoms with Crippen LogP contribution in [0.5, 0.6) is 0 Å². The summed E-state index contributed by atoms with van der Waals surface area (Å²) in [7, 11) is 0. The fourth-order valence-corrected chi connectivity index (χ4v) is 3.75. The Kier molecular flexibility index (Phi) is 3.15. The molecule has 0 amide bonds. The molecule has 5 aromatic rings. The number of nitrogens with zero attached hydrogens (tertiary/aromatic N) is 3. The van der Waals surface area contributed by atoms with Crippen LogP contribution in [0.3, 0.4) is 0 Å². The monoisotopic (exact) mass is 355 g/mol. The molecule has 0 saturated carbocycles. The van der Waals surface area contributed by atoms with Crippen molar-refractivity contribution in [2.75, 3.05) is 0 Å². The van der Waals surface area contributed by atoms with E-state index in [1.165, 1.54) is 13.6 Å². The largest absolute Gasteiger partial charge is 0.356 e. The minimum atomic E-state index is -0.370. The van der Waals surface area contributed by atoms with Crippen LogP contribution in [-0.2, 0) is 0 Å². The van der Waals surface area contributed by atoms with Crippen molar-refractivity contribution in [1.29, 1.82) is 0 Å². The number of rotatable bonds is 1. The predicted molar refractivity (Wildman–Crippen MR) is 107 cm³/mol. The molecule has 0 aliphatic carbocycles. The first kappa shape index (κ1) is 15.6. The van der Waals surface area contributed by atoms with E-state index in [-0.39, 0.29) is 11.4 Å². The third-order valence-electron chi connectivity index (χ3n) is 5.01. The van der Waals surface area contributed by atoms with Crippen LogP contribution in [0.4, 0.5) is 0 Å². The Labute approximate surface area is 154 Å². The summed E-state index contributed by atoms with van der Waals surface area (Å²) in [5.74, 6) is 0. The van der Waals surface area contributed by atoms with Crippen molar-refractivity contribution in [3.63, 3.8) is 0 Å². The Hall–Kier alpha value is -3.60. The predicted octanol–water partition coefficient (Wildman–Crippen LogP) is 3.47. The summed E-state index contributed by atoms with van der Waals surface area (Å²) in [4.78, 5) is 26.6. The first-order valence-electron chi connectivity index (χ1n) is 8.81. The average molecular weight is 355 g/mol. The Balaban J connectivity index is 2.14. The highest BCUT2D eigenvalue weighted by molar-refractivity contribution is 6.04. The number of aryl methyl sites for hydroxylation is 2. The second kappa shape index (κ2) is 5.45. The first-order chi connectivity index (χ1) is 13.1. The molecule has 27 heavy (non-hydrogen) atoms. The highest BCUT2D eigenvalue weighted by Gasteiger charge is 2.18. The molecule has 2 heterocycles. The fraction of sp³-hybridized carbons (Fsp3) is 0.0909. The second-order valence-electron chi connectivity index (χ2n) is 6.90. The van der Waals surface area contributed by atoms with Crippen molar-refractivity contribution in [1.82, 2.24) is 13.6 Å². The van der Waals surface area contributed by atoms with Gasteiger partial charge < -0.3 is 0 Å². The van der Waals surface area contributed by atoms with Crippen LogP contribution in [0.2, 0.25) is 0 Å². The SMILES string of the molecule is Cc1ccc2c3ccc(C)cc3n3c(=O)n(-c4ccccc4)c(=O)n3c2c1. The van der Waals surface area contributed by atoms with Gasteiger partial charge in [0.25, 0.3) is 0 Å². The van der Waals surface area contributed by atoms with Crippen molar-refractivity contribution in [2.24, 2.45) is 0 Å². The number of hydrogen-bond acceptors (Lipinski definition) is 2. The zero-order valence-electron chi connectivity index (χ0n) is 15.0. The molecule has 3 aromatic carbocycles. The summed E-state index contributed by atoms with van der Waals surface area (Å²) < 4.78 is 4.20. The van der Waals surface area contributed by atoms with Crippen LogP contribution in [0, 0.1) is 13.8 Å². The zero-order valence-corrected chi connectivity index (χ0v) is 15.0. The molecule has 2 aromatic heterocycles. The Bertz CT molecular complexity index is 1380. The standard InChI is InChI=1S/C22H17N3O2/c1-14-8-10-17-18-11-9-15(2)13-20(18)25-22(27)23(16-6-4-3-5-7-16)21(26)24(25)19(17)12-14/h3-13H,1-2H3. The van der Waals surface area contributed by atoms with Crippen molar-refractivity contribution in [3.8, 4) is 5.69 Å². The van der Waals surface area contributed by atoms with Crippen LogP contribution in [0.25, 0.3) is 27.5 Å². The van der Waals surface area contributed by atoms with Crippen molar-refractivity contribution in [3.05, 3.63) is 98.8 Å². The summed E-state index contributed by atoms with van der Waals surface area (Å²) >= 11 is 0. The van der Waals surface area contributed by atoms with E-state index in [0.29, 0.717) is 5.69 Å². The maximum absolute atomic E-state index is 13.3. The van der Waals surface area contributed by atoms with Gasteiger partial charge >= 0.3 is 11.4 Å². The number of fused-ring (bicyclic) bond motifs is 6. The topological polar surface area (TPSA) is 47.9 Å². The Morgan fingerprint density at radius 2 is 1.11 bits per heavy atom. The maximum atomic E-state index is 13.3. The molecule has 0 spiro atoms. The molecule has 0 atom stereocenters. The van der Waals surface area contributed by atoms with Gasteiger partial charge in [-0.15, -0.1) is 0 Å². The molecule has 0 aliphatic rings. The highest BCUT2D eigenvalue weighted by atomic mass is 16.2. The summed E-state index contributed by atoms with van der Waals surface area (Å²) in [6, 6.07) is 21.0. The molecule has 5 rings (SSSR count). The molecule has 0 unspecified atom stereocenters. The molecule has 0 saturated heterocycles. The van der Waals surface area contributed by atoms with E-state index in [9.17, 15) is 9.59 Å². The lowest BCUT2D eigenvalue weighted by molar-refractivity contribution is 0.837. The molecule has 5 nitrogen and oxygen atoms in total. The number of hydrogen-bond donors (Lipinski definition) is 0. The lowest BCUT2D eigenvalue weighted by atomic mass is 10.1. The summed E-state index contributed by atoms with van der Waals surface area (Å²) in [6.07, 6.45) is 0. The molecule has 0 bridgehead atoms. The van der Waals surface area contributed by atoms with Crippen molar-refractivity contribution < 1.29 is 0 Å². The van der Waals surface area contributed by atoms with E-state index in [2.05, 4.69) is 0 Å². The number of aromatic nitrogens is 3. The van der Waals surface area contributed by atoms with Crippen LogP contribution in [0.15, 0.2) is 76.3 Å². The van der Waals surface area contributed by atoms with Gasteiger partial charge in [-0.3, -0.25) is 0 Å².